The molecule has 1 unspecified atom stereocenters. The van der Waals surface area contributed by atoms with Gasteiger partial charge in [0.15, 0.2) is 0 Å². The van der Waals surface area contributed by atoms with E-state index in [0.29, 0.717) is 6.42 Å². The molecule has 0 aliphatic heterocycles. The summed E-state index contributed by atoms with van der Waals surface area (Å²) in [6.45, 7) is 13.6. The van der Waals surface area contributed by atoms with Crippen molar-refractivity contribution in [2.75, 3.05) is 7.05 Å². The van der Waals surface area contributed by atoms with Crippen LogP contribution >= 0.6 is 0 Å². The first-order chi connectivity index (χ1) is 9.20. The molecule has 0 heterocycles. The van der Waals surface area contributed by atoms with Gasteiger partial charge in [-0.15, -0.1) is 6.58 Å². The van der Waals surface area contributed by atoms with E-state index in [0.717, 1.165) is 24.7 Å². The average molecular weight is 266 g/mol. The second-order valence-corrected chi connectivity index (χ2v) is 3.41. The van der Waals surface area contributed by atoms with Gasteiger partial charge in [0.1, 0.15) is 6.29 Å². The lowest BCUT2D eigenvalue weighted by Crippen LogP contribution is -2.19. The van der Waals surface area contributed by atoms with Gasteiger partial charge < -0.3 is 15.9 Å². The zero-order valence-corrected chi connectivity index (χ0v) is 12.9. The third-order valence-electron chi connectivity index (χ3n) is 2.79. The zero-order chi connectivity index (χ0) is 15.7. The first-order valence-electron chi connectivity index (χ1n) is 6.69. The third-order valence-corrected chi connectivity index (χ3v) is 2.79. The van der Waals surface area contributed by atoms with Gasteiger partial charge in [-0.1, -0.05) is 39.5 Å². The maximum absolute atomic E-state index is 10.4. The highest BCUT2D eigenvalue weighted by Crippen LogP contribution is 2.37. The monoisotopic (exact) mass is 266 g/mol. The summed E-state index contributed by atoms with van der Waals surface area (Å²) in [5.74, 6) is 0. The predicted molar refractivity (Wildman–Crippen MR) is 86.7 cm³/mol. The maximum Gasteiger partial charge on any atom is 0.120 e. The van der Waals surface area contributed by atoms with E-state index in [1.807, 2.05) is 26.8 Å². The molecule has 0 aromatic rings. The first-order valence-corrected chi connectivity index (χ1v) is 6.69. The summed E-state index contributed by atoms with van der Waals surface area (Å²) < 4.78 is 0. The summed E-state index contributed by atoms with van der Waals surface area (Å²) in [4.78, 5) is 10.4. The van der Waals surface area contributed by atoms with Crippen molar-refractivity contribution in [1.82, 2.24) is 0 Å². The Morgan fingerprint density at radius 1 is 1.32 bits per heavy atom. The molecule has 0 radical (unpaired) electrons. The molecule has 110 valence electrons. The Balaban J connectivity index is -0.000000579. The van der Waals surface area contributed by atoms with Crippen LogP contribution in [0, 0.1) is 10.8 Å². The molecule has 0 aliphatic carbocycles. The fraction of sp³-hybridized carbons (Fsp3) is 0.500. The van der Waals surface area contributed by atoms with Crippen molar-refractivity contribution in [3.63, 3.8) is 0 Å². The number of carbonyl (C=O) groups is 1. The molecule has 3 heteroatoms. The normalized spacial score (nSPS) is 12.6. The molecule has 0 amide bonds. The number of allylic oxidation sites excluding steroid dienone is 4. The maximum atomic E-state index is 10.4. The number of nitrogens with two attached hydrogens (primary N) is 1. The van der Waals surface area contributed by atoms with Gasteiger partial charge in [-0.05, 0) is 31.5 Å². The Labute approximate surface area is 118 Å². The minimum Gasteiger partial charge on any atom is -0.333 e. The largest absolute Gasteiger partial charge is 0.333 e. The summed E-state index contributed by atoms with van der Waals surface area (Å²) in [6.07, 6.45) is 9.55. The van der Waals surface area contributed by atoms with Crippen LogP contribution < -0.4 is 5.73 Å². The fourth-order valence-corrected chi connectivity index (χ4v) is 1.73. The van der Waals surface area contributed by atoms with Crippen molar-refractivity contribution < 1.29 is 4.79 Å². The molecule has 0 aromatic heterocycles. The molecule has 0 bridgehead atoms. The van der Waals surface area contributed by atoms with E-state index < -0.39 is 0 Å². The molecule has 0 fully saturated rings. The summed E-state index contributed by atoms with van der Waals surface area (Å²) in [5.41, 5.74) is 5.23. The molecule has 0 rings (SSSR count). The first kappa shape index (κ1) is 22.7. The van der Waals surface area contributed by atoms with Gasteiger partial charge in [-0.2, -0.15) is 0 Å². The van der Waals surface area contributed by atoms with Gasteiger partial charge in [0.05, 0.1) is 0 Å². The number of nitrogens with one attached hydrogen (secondary N) is 1. The van der Waals surface area contributed by atoms with Gasteiger partial charge in [-0.3, -0.25) is 0 Å². The van der Waals surface area contributed by atoms with Crippen LogP contribution in [0.4, 0.5) is 0 Å². The molecular formula is C16H30N2O. The third kappa shape index (κ3) is 8.27. The van der Waals surface area contributed by atoms with E-state index in [4.69, 9.17) is 5.41 Å². The number of rotatable bonds is 8. The second-order valence-electron chi connectivity index (χ2n) is 3.41. The molecule has 0 saturated carbocycles. The van der Waals surface area contributed by atoms with E-state index in [9.17, 15) is 4.79 Å². The quantitative estimate of drug-likeness (QED) is 0.303. The van der Waals surface area contributed by atoms with Crippen LogP contribution in [0.2, 0.25) is 0 Å². The van der Waals surface area contributed by atoms with Crippen LogP contribution in [0.15, 0.2) is 37.0 Å². The van der Waals surface area contributed by atoms with Crippen LogP contribution in [-0.4, -0.2) is 19.5 Å². The number of hydrogen-bond acceptors (Lipinski definition) is 3. The second kappa shape index (κ2) is 16.5. The van der Waals surface area contributed by atoms with E-state index in [-0.39, 0.29) is 5.41 Å². The summed E-state index contributed by atoms with van der Waals surface area (Å²) in [7, 11) is 1.50. The van der Waals surface area contributed by atoms with Gasteiger partial charge in [0.25, 0.3) is 0 Å². The van der Waals surface area contributed by atoms with Crippen molar-refractivity contribution in [2.24, 2.45) is 11.1 Å². The summed E-state index contributed by atoms with van der Waals surface area (Å²) >= 11 is 0. The molecule has 0 aliphatic rings. The molecule has 0 spiro atoms. The predicted octanol–water partition coefficient (Wildman–Crippen LogP) is 3.91. The molecule has 19 heavy (non-hydrogen) atoms. The lowest BCUT2D eigenvalue weighted by Gasteiger charge is -2.30. The minimum atomic E-state index is -0.222. The number of carbonyl (C=O) groups excluding carboxylic acids is 1. The van der Waals surface area contributed by atoms with E-state index >= 15 is 0 Å². The summed E-state index contributed by atoms with van der Waals surface area (Å²) in [6, 6.07) is 0. The van der Waals surface area contributed by atoms with Crippen LogP contribution in [0.25, 0.3) is 0 Å². The minimum absolute atomic E-state index is 0.222. The van der Waals surface area contributed by atoms with Crippen molar-refractivity contribution in [2.45, 2.75) is 40.0 Å². The lowest BCUT2D eigenvalue weighted by molar-refractivity contribution is -0.108. The summed E-state index contributed by atoms with van der Waals surface area (Å²) in [5, 5.41) is 7.09. The number of aldehydes is 1. The van der Waals surface area contributed by atoms with Crippen molar-refractivity contribution in [1.29, 1.82) is 5.41 Å². The van der Waals surface area contributed by atoms with Crippen LogP contribution in [0.3, 0.4) is 0 Å². The topological polar surface area (TPSA) is 66.9 Å². The van der Waals surface area contributed by atoms with E-state index in [2.05, 4.69) is 18.9 Å². The van der Waals surface area contributed by atoms with Crippen molar-refractivity contribution in [3.05, 3.63) is 37.0 Å². The highest BCUT2D eigenvalue weighted by Gasteiger charge is 2.26. The standard InChI is InChI=1S/C13H19NO.C2H6.CH5N/c1-4-12(8-10-14)13(5-2,6-3)9-7-11-15;2*1-2/h4-5,8,10-11,14H,1-2,6-7,9H2,3H3;1-2H3;2H2,1H3/b12-8+,14-10?;;. The van der Waals surface area contributed by atoms with Gasteiger partial charge in [0.2, 0.25) is 0 Å². The van der Waals surface area contributed by atoms with Gasteiger partial charge in [0, 0.05) is 18.1 Å². The van der Waals surface area contributed by atoms with Crippen molar-refractivity contribution >= 4 is 12.5 Å². The Hall–Kier alpha value is -1.48. The fourth-order valence-electron chi connectivity index (χ4n) is 1.73. The van der Waals surface area contributed by atoms with Crippen molar-refractivity contribution in [3.8, 4) is 0 Å². The lowest BCUT2D eigenvalue weighted by atomic mass is 9.74. The Kier molecular flexibility index (Phi) is 19.7. The molecule has 1 atom stereocenters. The highest BCUT2D eigenvalue weighted by molar-refractivity contribution is 5.70. The Morgan fingerprint density at radius 3 is 2.11 bits per heavy atom. The van der Waals surface area contributed by atoms with Crippen LogP contribution in [-0.2, 0) is 4.79 Å². The van der Waals surface area contributed by atoms with Crippen LogP contribution in [0.5, 0.6) is 0 Å². The Bertz CT molecular complexity index is 282. The SMILES string of the molecule is C=C/C(=C\C=N)C(C=C)(CC)CCC=O.CC.CN. The van der Waals surface area contributed by atoms with Crippen LogP contribution in [0.1, 0.15) is 40.0 Å². The van der Waals surface area contributed by atoms with E-state index in [1.54, 1.807) is 12.2 Å². The molecule has 0 aromatic carbocycles. The Morgan fingerprint density at radius 2 is 1.84 bits per heavy atom. The molecule has 3 nitrogen and oxygen atoms in total. The van der Waals surface area contributed by atoms with Gasteiger partial charge in [-0.25, -0.2) is 0 Å². The molecule has 0 saturated heterocycles. The van der Waals surface area contributed by atoms with E-state index in [1.165, 1.54) is 13.3 Å². The zero-order valence-electron chi connectivity index (χ0n) is 12.9. The van der Waals surface area contributed by atoms with Gasteiger partial charge >= 0.3 is 0 Å². The molecule has 3 N–H and O–H groups in total. The molecular weight excluding hydrogens is 236 g/mol. The smallest absolute Gasteiger partial charge is 0.120 e. The number of hydrogen-bond donors (Lipinski definition) is 2. The highest BCUT2D eigenvalue weighted by atomic mass is 16.1. The average Bonchev–Trinajstić information content (AvgIpc) is 2.51.